The van der Waals surface area contributed by atoms with Crippen LogP contribution in [-0.4, -0.2) is 29.2 Å². The lowest BCUT2D eigenvalue weighted by Gasteiger charge is -2.16. The molecule has 1 atom stereocenters. The second-order valence-electron chi connectivity index (χ2n) is 4.27. The molecule has 1 aromatic rings. The van der Waals surface area contributed by atoms with Gasteiger partial charge in [-0.25, -0.2) is 4.79 Å². The topological polar surface area (TPSA) is 66.4 Å². The van der Waals surface area contributed by atoms with Crippen LogP contribution in [0.4, 0.5) is 13.2 Å². The normalized spacial score (nSPS) is 12.9. The van der Waals surface area contributed by atoms with Crippen LogP contribution in [0, 0.1) is 6.92 Å². The third kappa shape index (κ3) is 5.20. The van der Waals surface area contributed by atoms with Gasteiger partial charge in [0, 0.05) is 10.0 Å². The highest BCUT2D eigenvalue weighted by molar-refractivity contribution is 9.10. The third-order valence-corrected chi connectivity index (χ3v) is 4.09. The molecular formula is C12H10BrClF3NO3. The molecule has 0 fully saturated rings. The molecule has 2 N–H and O–H groups in total. The van der Waals surface area contributed by atoms with E-state index in [9.17, 15) is 22.8 Å². The molecule has 9 heteroatoms. The van der Waals surface area contributed by atoms with Crippen molar-refractivity contribution in [2.45, 2.75) is 25.6 Å². The first-order chi connectivity index (χ1) is 9.51. The Balaban J connectivity index is 2.95. The number of alkyl halides is 3. The Bertz CT molecular complexity index is 554. The largest absolute Gasteiger partial charge is 0.480 e. The fraction of sp³-hybridized carbons (Fsp3) is 0.333. The van der Waals surface area contributed by atoms with Crippen LogP contribution in [-0.2, 0) is 4.79 Å². The molecule has 0 radical (unpaired) electrons. The Hall–Kier alpha value is -1.28. The molecule has 0 aliphatic heterocycles. The smallest absolute Gasteiger partial charge is 0.391 e. The van der Waals surface area contributed by atoms with Crippen LogP contribution >= 0.6 is 27.5 Å². The first kappa shape index (κ1) is 17.8. The van der Waals surface area contributed by atoms with Gasteiger partial charge >= 0.3 is 12.1 Å². The van der Waals surface area contributed by atoms with E-state index >= 15 is 0 Å². The Morgan fingerprint density at radius 2 is 2.00 bits per heavy atom. The van der Waals surface area contributed by atoms with E-state index in [0.717, 1.165) is 0 Å². The number of benzene rings is 1. The highest BCUT2D eigenvalue weighted by Gasteiger charge is 2.36. The summed E-state index contributed by atoms with van der Waals surface area (Å²) in [6, 6.07) is 0.568. The van der Waals surface area contributed by atoms with Gasteiger partial charge in [-0.1, -0.05) is 11.6 Å². The molecule has 1 aromatic carbocycles. The van der Waals surface area contributed by atoms with Crippen LogP contribution in [0.25, 0.3) is 0 Å². The maximum absolute atomic E-state index is 12.3. The lowest BCUT2D eigenvalue weighted by Crippen LogP contribution is -2.43. The summed E-state index contributed by atoms with van der Waals surface area (Å²) in [5.74, 6) is -2.70. The van der Waals surface area contributed by atoms with Crippen LogP contribution in [0.3, 0.4) is 0 Å². The summed E-state index contributed by atoms with van der Waals surface area (Å²) >= 11 is 9.02. The minimum absolute atomic E-state index is 0.0193. The van der Waals surface area contributed by atoms with E-state index in [4.69, 9.17) is 16.7 Å². The predicted octanol–water partition coefficient (Wildman–Crippen LogP) is 3.55. The predicted molar refractivity (Wildman–Crippen MR) is 73.5 cm³/mol. The Morgan fingerprint density at radius 1 is 1.43 bits per heavy atom. The second-order valence-corrected chi connectivity index (χ2v) is 5.47. The van der Waals surface area contributed by atoms with Crippen LogP contribution < -0.4 is 5.32 Å². The molecule has 1 unspecified atom stereocenters. The molecule has 1 rings (SSSR count). The van der Waals surface area contributed by atoms with E-state index in [0.29, 0.717) is 10.0 Å². The van der Waals surface area contributed by atoms with Gasteiger partial charge < -0.3 is 10.4 Å². The molecule has 1 amide bonds. The van der Waals surface area contributed by atoms with E-state index in [1.807, 2.05) is 5.32 Å². The van der Waals surface area contributed by atoms with Crippen LogP contribution in [0.5, 0.6) is 0 Å². The van der Waals surface area contributed by atoms with E-state index in [1.54, 1.807) is 6.92 Å². The van der Waals surface area contributed by atoms with Gasteiger partial charge in [0.1, 0.15) is 6.04 Å². The molecular weight excluding hydrogens is 378 g/mol. The van der Waals surface area contributed by atoms with Crippen molar-refractivity contribution < 1.29 is 27.9 Å². The second kappa shape index (κ2) is 6.65. The number of carboxylic acids is 1. The third-order valence-electron chi connectivity index (χ3n) is 2.51. The van der Waals surface area contributed by atoms with Gasteiger partial charge in [0.2, 0.25) is 0 Å². The van der Waals surface area contributed by atoms with Crippen molar-refractivity contribution in [3.63, 3.8) is 0 Å². The number of carbonyl (C=O) groups excluding carboxylic acids is 1. The number of hydrogen-bond acceptors (Lipinski definition) is 2. The summed E-state index contributed by atoms with van der Waals surface area (Å²) in [5, 5.41) is 10.8. The molecule has 0 heterocycles. The van der Waals surface area contributed by atoms with Gasteiger partial charge in [0.25, 0.3) is 5.91 Å². The first-order valence-electron chi connectivity index (χ1n) is 5.57. The summed E-state index contributed by atoms with van der Waals surface area (Å²) < 4.78 is 37.3. The van der Waals surface area contributed by atoms with E-state index < -0.39 is 30.5 Å². The standard InChI is InChI=1S/C12H10BrClF3NO3/c1-5-2-6(3-7(14)9(5)13)10(19)18-8(11(20)21)4-12(15,16)17/h2-3,8H,4H2,1H3,(H,18,19)(H,20,21). The molecule has 0 saturated carbocycles. The summed E-state index contributed by atoms with van der Waals surface area (Å²) in [4.78, 5) is 22.6. The van der Waals surface area contributed by atoms with Crippen LogP contribution in [0.1, 0.15) is 22.3 Å². The monoisotopic (exact) mass is 387 g/mol. The van der Waals surface area contributed by atoms with Gasteiger partial charge in [-0.05, 0) is 40.5 Å². The molecule has 21 heavy (non-hydrogen) atoms. The molecule has 0 aliphatic carbocycles. The van der Waals surface area contributed by atoms with Crippen LogP contribution in [0.2, 0.25) is 5.02 Å². The number of rotatable bonds is 4. The zero-order valence-electron chi connectivity index (χ0n) is 10.6. The lowest BCUT2D eigenvalue weighted by molar-refractivity contribution is -0.157. The highest BCUT2D eigenvalue weighted by atomic mass is 79.9. The molecule has 0 bridgehead atoms. The van der Waals surface area contributed by atoms with Gasteiger partial charge in [-0.2, -0.15) is 13.2 Å². The van der Waals surface area contributed by atoms with Crippen molar-refractivity contribution in [3.8, 4) is 0 Å². The van der Waals surface area contributed by atoms with Crippen molar-refractivity contribution in [1.29, 1.82) is 0 Å². The fourth-order valence-corrected chi connectivity index (χ4v) is 2.03. The molecule has 0 spiro atoms. The van der Waals surface area contributed by atoms with E-state index in [-0.39, 0.29) is 10.6 Å². The van der Waals surface area contributed by atoms with Gasteiger partial charge in [-0.3, -0.25) is 4.79 Å². The fourth-order valence-electron chi connectivity index (χ4n) is 1.53. The number of nitrogens with one attached hydrogen (secondary N) is 1. The average molecular weight is 389 g/mol. The molecule has 0 aromatic heterocycles. The van der Waals surface area contributed by atoms with Gasteiger partial charge in [-0.15, -0.1) is 0 Å². The number of carboxylic acid groups (broad SMARTS) is 1. The maximum atomic E-state index is 12.3. The molecule has 116 valence electrons. The number of carbonyl (C=O) groups is 2. The number of halogens is 5. The van der Waals surface area contributed by atoms with Crippen molar-refractivity contribution in [2.75, 3.05) is 0 Å². The number of hydrogen-bond donors (Lipinski definition) is 2. The number of aliphatic carboxylic acids is 1. The van der Waals surface area contributed by atoms with Crippen molar-refractivity contribution in [2.24, 2.45) is 0 Å². The van der Waals surface area contributed by atoms with Gasteiger partial charge in [0.15, 0.2) is 0 Å². The zero-order valence-corrected chi connectivity index (χ0v) is 12.9. The first-order valence-corrected chi connectivity index (χ1v) is 6.74. The molecule has 0 aliphatic rings. The lowest BCUT2D eigenvalue weighted by atomic mass is 10.1. The summed E-state index contributed by atoms with van der Waals surface area (Å²) in [6.45, 7) is 1.64. The van der Waals surface area contributed by atoms with E-state index in [2.05, 4.69) is 15.9 Å². The average Bonchev–Trinajstić information content (AvgIpc) is 2.32. The quantitative estimate of drug-likeness (QED) is 0.829. The van der Waals surface area contributed by atoms with E-state index in [1.165, 1.54) is 12.1 Å². The minimum Gasteiger partial charge on any atom is -0.480 e. The van der Waals surface area contributed by atoms with Crippen molar-refractivity contribution in [3.05, 3.63) is 32.8 Å². The van der Waals surface area contributed by atoms with Crippen molar-refractivity contribution in [1.82, 2.24) is 5.32 Å². The zero-order chi connectivity index (χ0) is 16.4. The minimum atomic E-state index is -4.70. The SMILES string of the molecule is Cc1cc(C(=O)NC(CC(F)(F)F)C(=O)O)cc(Cl)c1Br. The van der Waals surface area contributed by atoms with Crippen molar-refractivity contribution >= 4 is 39.4 Å². The van der Waals surface area contributed by atoms with Crippen LogP contribution in [0.15, 0.2) is 16.6 Å². The Labute approximate surface area is 131 Å². The summed E-state index contributed by atoms with van der Waals surface area (Å²) in [7, 11) is 0. The molecule has 4 nitrogen and oxygen atoms in total. The highest BCUT2D eigenvalue weighted by Crippen LogP contribution is 2.28. The molecule has 0 saturated heterocycles. The maximum Gasteiger partial charge on any atom is 0.391 e. The summed E-state index contributed by atoms with van der Waals surface area (Å²) in [6.07, 6.45) is -6.36. The summed E-state index contributed by atoms with van der Waals surface area (Å²) in [5.41, 5.74) is 0.574. The van der Waals surface area contributed by atoms with Gasteiger partial charge in [0.05, 0.1) is 11.4 Å². The number of aryl methyl sites for hydroxylation is 1. The Kier molecular flexibility index (Phi) is 5.63. The Morgan fingerprint density at radius 3 is 2.43 bits per heavy atom. The number of amides is 1.